The van der Waals surface area contributed by atoms with Crippen molar-refractivity contribution in [2.24, 2.45) is 5.73 Å². The largest absolute Gasteiger partial charge is 0.465 e. The molecule has 0 unspecified atom stereocenters. The lowest BCUT2D eigenvalue weighted by Crippen LogP contribution is -2.28. The molecule has 0 saturated carbocycles. The van der Waals surface area contributed by atoms with E-state index in [1.807, 2.05) is 13.0 Å². The number of pyridine rings is 1. The number of methoxy groups -OCH3 is 1. The number of fused-ring (bicyclic) bond motifs is 1. The second kappa shape index (κ2) is 8.58. The zero-order valence-corrected chi connectivity index (χ0v) is 18.4. The SMILES string of the molecule is COC(=O)c1cc(C)ccc1N(C)C(=O)c1ccn2ncc(-c3ccc(C(N)=O)cc3)c2c1. The molecule has 4 rings (SSSR count). The minimum absolute atomic E-state index is 0.289. The van der Waals surface area contributed by atoms with Crippen LogP contribution in [-0.4, -0.2) is 41.6 Å². The number of primary amides is 1. The molecule has 0 saturated heterocycles. The fourth-order valence-corrected chi connectivity index (χ4v) is 3.67. The predicted molar refractivity (Wildman–Crippen MR) is 124 cm³/mol. The highest BCUT2D eigenvalue weighted by atomic mass is 16.5. The third-order valence-corrected chi connectivity index (χ3v) is 5.47. The second-order valence-corrected chi connectivity index (χ2v) is 7.62. The summed E-state index contributed by atoms with van der Waals surface area (Å²) in [5, 5.41) is 4.35. The van der Waals surface area contributed by atoms with E-state index in [0.717, 1.165) is 22.2 Å². The van der Waals surface area contributed by atoms with Crippen LogP contribution in [-0.2, 0) is 4.74 Å². The van der Waals surface area contributed by atoms with Crippen molar-refractivity contribution >= 4 is 29.0 Å². The molecule has 2 N–H and O–H groups in total. The first-order chi connectivity index (χ1) is 15.8. The van der Waals surface area contributed by atoms with Gasteiger partial charge in [-0.1, -0.05) is 23.8 Å². The molecule has 0 aliphatic heterocycles. The lowest BCUT2D eigenvalue weighted by molar-refractivity contribution is 0.0601. The first-order valence-corrected chi connectivity index (χ1v) is 10.1. The maximum Gasteiger partial charge on any atom is 0.339 e. The molecule has 0 bridgehead atoms. The highest BCUT2D eigenvalue weighted by Crippen LogP contribution is 2.27. The van der Waals surface area contributed by atoms with Gasteiger partial charge in [0.2, 0.25) is 5.91 Å². The molecular formula is C25H22N4O4. The number of nitrogens with two attached hydrogens (primary N) is 1. The van der Waals surface area contributed by atoms with Crippen molar-refractivity contribution in [3.8, 4) is 11.1 Å². The summed E-state index contributed by atoms with van der Waals surface area (Å²) in [6.45, 7) is 1.86. The number of esters is 1. The van der Waals surface area contributed by atoms with E-state index in [0.29, 0.717) is 22.4 Å². The van der Waals surface area contributed by atoms with Crippen molar-refractivity contribution in [2.75, 3.05) is 19.1 Å². The third-order valence-electron chi connectivity index (χ3n) is 5.47. The second-order valence-electron chi connectivity index (χ2n) is 7.62. The van der Waals surface area contributed by atoms with E-state index in [9.17, 15) is 14.4 Å². The molecule has 8 heteroatoms. The summed E-state index contributed by atoms with van der Waals surface area (Å²) in [7, 11) is 2.92. The van der Waals surface area contributed by atoms with Gasteiger partial charge in [0.1, 0.15) is 0 Å². The molecule has 166 valence electrons. The van der Waals surface area contributed by atoms with Gasteiger partial charge in [-0.05, 0) is 48.9 Å². The van der Waals surface area contributed by atoms with E-state index >= 15 is 0 Å². The van der Waals surface area contributed by atoms with E-state index < -0.39 is 11.9 Å². The average Bonchev–Trinajstić information content (AvgIpc) is 3.25. The maximum atomic E-state index is 13.3. The van der Waals surface area contributed by atoms with Gasteiger partial charge >= 0.3 is 5.97 Å². The van der Waals surface area contributed by atoms with Crippen molar-refractivity contribution in [2.45, 2.75) is 6.92 Å². The summed E-state index contributed by atoms with van der Waals surface area (Å²) in [6, 6.07) is 15.5. The first-order valence-electron chi connectivity index (χ1n) is 10.1. The highest BCUT2D eigenvalue weighted by molar-refractivity contribution is 6.10. The van der Waals surface area contributed by atoms with Crippen LogP contribution in [0.2, 0.25) is 0 Å². The lowest BCUT2D eigenvalue weighted by atomic mass is 10.0. The number of amides is 2. The molecule has 0 atom stereocenters. The number of hydrogen-bond acceptors (Lipinski definition) is 5. The van der Waals surface area contributed by atoms with Gasteiger partial charge in [-0.15, -0.1) is 0 Å². The monoisotopic (exact) mass is 442 g/mol. The number of aromatic nitrogens is 2. The normalized spacial score (nSPS) is 10.8. The number of rotatable bonds is 5. The molecule has 0 aliphatic rings. The van der Waals surface area contributed by atoms with Gasteiger partial charge in [-0.2, -0.15) is 5.10 Å². The van der Waals surface area contributed by atoms with Gasteiger partial charge in [0, 0.05) is 29.9 Å². The molecule has 2 amide bonds. The summed E-state index contributed by atoms with van der Waals surface area (Å²) in [5.74, 6) is -1.30. The zero-order valence-electron chi connectivity index (χ0n) is 18.4. The Balaban J connectivity index is 1.72. The van der Waals surface area contributed by atoms with Crippen LogP contribution >= 0.6 is 0 Å². The number of hydrogen-bond donors (Lipinski definition) is 1. The van der Waals surface area contributed by atoms with Crippen LogP contribution in [0.4, 0.5) is 5.69 Å². The quantitative estimate of drug-likeness (QED) is 0.476. The number of ether oxygens (including phenoxy) is 1. The van der Waals surface area contributed by atoms with E-state index in [1.54, 1.807) is 72.5 Å². The summed E-state index contributed by atoms with van der Waals surface area (Å²) in [5.41, 5.74) is 10.2. The van der Waals surface area contributed by atoms with Crippen molar-refractivity contribution in [1.82, 2.24) is 9.61 Å². The molecule has 4 aromatic rings. The van der Waals surface area contributed by atoms with Crippen LogP contribution in [0, 0.1) is 6.92 Å². The molecular weight excluding hydrogens is 420 g/mol. The third kappa shape index (κ3) is 4.06. The molecule has 0 spiro atoms. The van der Waals surface area contributed by atoms with Gasteiger partial charge in [0.25, 0.3) is 5.91 Å². The first kappa shape index (κ1) is 21.8. The van der Waals surface area contributed by atoms with Crippen LogP contribution in [0.1, 0.15) is 36.6 Å². The number of carbonyl (C=O) groups excluding carboxylic acids is 3. The molecule has 0 aliphatic carbocycles. The van der Waals surface area contributed by atoms with Crippen molar-refractivity contribution in [3.05, 3.63) is 89.2 Å². The Morgan fingerprint density at radius 3 is 2.39 bits per heavy atom. The molecule has 0 fully saturated rings. The fraction of sp³-hybridized carbons (Fsp3) is 0.120. The van der Waals surface area contributed by atoms with Crippen molar-refractivity contribution in [3.63, 3.8) is 0 Å². The Labute approximate surface area is 190 Å². The van der Waals surface area contributed by atoms with Gasteiger partial charge in [-0.3, -0.25) is 9.59 Å². The van der Waals surface area contributed by atoms with Crippen molar-refractivity contribution < 1.29 is 19.1 Å². The number of benzene rings is 2. The van der Waals surface area contributed by atoms with Gasteiger partial charge < -0.3 is 15.4 Å². The molecule has 33 heavy (non-hydrogen) atoms. The van der Waals surface area contributed by atoms with Crippen LogP contribution in [0.3, 0.4) is 0 Å². The summed E-state index contributed by atoms with van der Waals surface area (Å²) >= 11 is 0. The molecule has 0 radical (unpaired) electrons. The minimum Gasteiger partial charge on any atom is -0.465 e. The number of carbonyl (C=O) groups is 3. The number of nitrogens with zero attached hydrogens (tertiary/aromatic N) is 3. The van der Waals surface area contributed by atoms with Crippen LogP contribution < -0.4 is 10.6 Å². The molecule has 8 nitrogen and oxygen atoms in total. The Morgan fingerprint density at radius 2 is 1.73 bits per heavy atom. The number of aryl methyl sites for hydroxylation is 1. The summed E-state index contributed by atoms with van der Waals surface area (Å²) in [4.78, 5) is 38.4. The molecule has 2 aromatic carbocycles. The van der Waals surface area contributed by atoms with Crippen molar-refractivity contribution in [1.29, 1.82) is 0 Å². The predicted octanol–water partition coefficient (Wildman–Crippen LogP) is 3.47. The maximum absolute atomic E-state index is 13.3. The Kier molecular flexibility index (Phi) is 5.66. The number of anilines is 1. The van der Waals surface area contributed by atoms with Gasteiger partial charge in [0.05, 0.1) is 30.1 Å². The highest BCUT2D eigenvalue weighted by Gasteiger charge is 2.21. The van der Waals surface area contributed by atoms with E-state index in [2.05, 4.69) is 5.10 Å². The van der Waals surface area contributed by atoms with E-state index in [1.165, 1.54) is 12.0 Å². The molecule has 2 heterocycles. The Hall–Kier alpha value is -4.46. The van der Waals surface area contributed by atoms with Crippen LogP contribution in [0.25, 0.3) is 16.6 Å². The van der Waals surface area contributed by atoms with Crippen LogP contribution in [0.15, 0.2) is 67.0 Å². The Bertz CT molecular complexity index is 1390. The van der Waals surface area contributed by atoms with Gasteiger partial charge in [0.15, 0.2) is 0 Å². The topological polar surface area (TPSA) is 107 Å². The fourth-order valence-electron chi connectivity index (χ4n) is 3.67. The van der Waals surface area contributed by atoms with Gasteiger partial charge in [-0.25, -0.2) is 9.31 Å². The van der Waals surface area contributed by atoms with Crippen LogP contribution in [0.5, 0.6) is 0 Å². The summed E-state index contributed by atoms with van der Waals surface area (Å²) in [6.07, 6.45) is 3.40. The minimum atomic E-state index is -0.513. The smallest absolute Gasteiger partial charge is 0.339 e. The molecule has 2 aromatic heterocycles. The average molecular weight is 442 g/mol. The van der Waals surface area contributed by atoms with E-state index in [-0.39, 0.29) is 5.91 Å². The Morgan fingerprint density at radius 1 is 1.00 bits per heavy atom. The lowest BCUT2D eigenvalue weighted by Gasteiger charge is -2.20. The standard InChI is InChI=1S/C25H22N4O4/c1-15-4-9-21(19(12-15)25(32)33-3)28(2)24(31)18-10-11-29-22(13-18)20(14-27-29)16-5-7-17(8-6-16)23(26)30/h4-14H,1-3H3,(H2,26,30). The summed E-state index contributed by atoms with van der Waals surface area (Å²) < 4.78 is 6.55. The van der Waals surface area contributed by atoms with E-state index in [4.69, 9.17) is 10.5 Å². The zero-order chi connectivity index (χ0) is 23.7.